The Morgan fingerprint density at radius 3 is 2.68 bits per heavy atom. The van der Waals surface area contributed by atoms with E-state index in [1.165, 1.54) is 0 Å². The average Bonchev–Trinajstić information content (AvgIpc) is 2.84. The van der Waals surface area contributed by atoms with E-state index in [0.29, 0.717) is 12.3 Å². The fraction of sp³-hybridized carbons (Fsp3) is 0.583. The van der Waals surface area contributed by atoms with Crippen molar-refractivity contribution in [1.29, 1.82) is 0 Å². The summed E-state index contributed by atoms with van der Waals surface area (Å²) in [6, 6.07) is -0.434. The maximum atomic E-state index is 11.5. The molecule has 0 aliphatic heterocycles. The van der Waals surface area contributed by atoms with Crippen LogP contribution in [0, 0.1) is 5.92 Å². The first-order valence-electron chi connectivity index (χ1n) is 6.24. The van der Waals surface area contributed by atoms with Crippen LogP contribution in [0.3, 0.4) is 0 Å². The standard InChI is InChI=1S/C12H19N3O4/c1-3-8(11(16)17)5-14-12(18)15-7-10-13-6-9(4-2)19-10/h6,8H,3-5,7H2,1-2H3,(H,16,17)(H2,14,15,18). The van der Waals surface area contributed by atoms with Crippen LogP contribution >= 0.6 is 0 Å². The number of urea groups is 1. The van der Waals surface area contributed by atoms with Crippen molar-refractivity contribution in [2.75, 3.05) is 6.54 Å². The lowest BCUT2D eigenvalue weighted by molar-refractivity contribution is -0.141. The monoisotopic (exact) mass is 269 g/mol. The number of oxazole rings is 1. The van der Waals surface area contributed by atoms with E-state index in [1.807, 2.05) is 6.92 Å². The number of amides is 2. The number of carboxylic acids is 1. The van der Waals surface area contributed by atoms with Gasteiger partial charge in [0.1, 0.15) is 5.76 Å². The molecule has 0 bridgehead atoms. The molecule has 0 aliphatic carbocycles. The quantitative estimate of drug-likeness (QED) is 0.688. The zero-order chi connectivity index (χ0) is 14.3. The molecule has 3 N–H and O–H groups in total. The first-order valence-corrected chi connectivity index (χ1v) is 6.24. The molecule has 1 unspecified atom stereocenters. The Kier molecular flexibility index (Phi) is 5.84. The topological polar surface area (TPSA) is 104 Å². The largest absolute Gasteiger partial charge is 0.481 e. The van der Waals surface area contributed by atoms with Crippen LogP contribution in [-0.2, 0) is 17.8 Å². The zero-order valence-corrected chi connectivity index (χ0v) is 11.1. The molecule has 1 rings (SSSR count). The lowest BCUT2D eigenvalue weighted by atomic mass is 10.1. The van der Waals surface area contributed by atoms with Gasteiger partial charge in [0.15, 0.2) is 0 Å². The Labute approximate surface area is 111 Å². The Morgan fingerprint density at radius 2 is 2.16 bits per heavy atom. The molecule has 0 aromatic carbocycles. The van der Waals surface area contributed by atoms with Crippen molar-refractivity contribution in [3.8, 4) is 0 Å². The highest BCUT2D eigenvalue weighted by molar-refractivity contribution is 5.75. The molecule has 0 fully saturated rings. The van der Waals surface area contributed by atoms with Crippen molar-refractivity contribution in [1.82, 2.24) is 15.6 Å². The predicted octanol–water partition coefficient (Wildman–Crippen LogP) is 1.15. The summed E-state index contributed by atoms with van der Waals surface area (Å²) in [5.74, 6) is -0.298. The van der Waals surface area contributed by atoms with E-state index >= 15 is 0 Å². The normalized spacial score (nSPS) is 11.9. The van der Waals surface area contributed by atoms with E-state index in [4.69, 9.17) is 9.52 Å². The van der Waals surface area contributed by atoms with E-state index in [-0.39, 0.29) is 13.1 Å². The number of hydrogen-bond acceptors (Lipinski definition) is 4. The minimum atomic E-state index is -0.914. The number of nitrogens with zero attached hydrogens (tertiary/aromatic N) is 1. The summed E-state index contributed by atoms with van der Waals surface area (Å²) in [4.78, 5) is 26.2. The van der Waals surface area contributed by atoms with Gasteiger partial charge in [0.25, 0.3) is 0 Å². The van der Waals surface area contributed by atoms with Gasteiger partial charge in [-0.05, 0) is 6.42 Å². The summed E-state index contributed by atoms with van der Waals surface area (Å²) in [5, 5.41) is 13.9. The summed E-state index contributed by atoms with van der Waals surface area (Å²) in [6.07, 6.45) is 2.83. The lowest BCUT2D eigenvalue weighted by Gasteiger charge is -2.11. The van der Waals surface area contributed by atoms with Crippen molar-refractivity contribution < 1.29 is 19.1 Å². The van der Waals surface area contributed by atoms with Crippen LogP contribution < -0.4 is 10.6 Å². The van der Waals surface area contributed by atoms with Crippen LogP contribution in [0.15, 0.2) is 10.6 Å². The molecule has 1 aromatic rings. The van der Waals surface area contributed by atoms with Gasteiger partial charge in [-0.1, -0.05) is 13.8 Å². The van der Waals surface area contributed by atoms with Crippen LogP contribution in [-0.4, -0.2) is 28.6 Å². The van der Waals surface area contributed by atoms with Crippen molar-refractivity contribution in [3.05, 3.63) is 17.8 Å². The predicted molar refractivity (Wildman–Crippen MR) is 67.5 cm³/mol. The van der Waals surface area contributed by atoms with Crippen LogP contribution in [0.5, 0.6) is 0 Å². The van der Waals surface area contributed by atoms with Crippen molar-refractivity contribution in [2.45, 2.75) is 33.2 Å². The van der Waals surface area contributed by atoms with Crippen LogP contribution in [0.4, 0.5) is 4.79 Å². The van der Waals surface area contributed by atoms with Crippen molar-refractivity contribution in [3.63, 3.8) is 0 Å². The molecule has 7 heteroatoms. The highest BCUT2D eigenvalue weighted by atomic mass is 16.4. The molecule has 1 heterocycles. The molecule has 106 valence electrons. The number of carboxylic acid groups (broad SMARTS) is 1. The average molecular weight is 269 g/mol. The van der Waals surface area contributed by atoms with Crippen molar-refractivity contribution >= 4 is 12.0 Å². The summed E-state index contributed by atoms with van der Waals surface area (Å²) < 4.78 is 5.32. The van der Waals surface area contributed by atoms with E-state index in [2.05, 4.69) is 15.6 Å². The third-order valence-corrected chi connectivity index (χ3v) is 2.70. The van der Waals surface area contributed by atoms with E-state index in [0.717, 1.165) is 12.2 Å². The molecule has 0 radical (unpaired) electrons. The van der Waals surface area contributed by atoms with Crippen molar-refractivity contribution in [2.24, 2.45) is 5.92 Å². The lowest BCUT2D eigenvalue weighted by Crippen LogP contribution is -2.39. The first-order chi connectivity index (χ1) is 9.06. The summed E-state index contributed by atoms with van der Waals surface area (Å²) in [5.41, 5.74) is 0. The van der Waals surface area contributed by atoms with Gasteiger partial charge >= 0.3 is 12.0 Å². The summed E-state index contributed by atoms with van der Waals surface area (Å²) in [7, 11) is 0. The van der Waals surface area contributed by atoms with Crippen LogP contribution in [0.1, 0.15) is 31.9 Å². The zero-order valence-electron chi connectivity index (χ0n) is 11.1. The molecule has 1 aromatic heterocycles. The van der Waals surface area contributed by atoms with Gasteiger partial charge in [0.2, 0.25) is 5.89 Å². The smallest absolute Gasteiger partial charge is 0.315 e. The summed E-state index contributed by atoms with van der Waals surface area (Å²) in [6.45, 7) is 3.98. The SMILES string of the molecule is CCc1cnc(CNC(=O)NCC(CC)C(=O)O)o1. The molecule has 2 amide bonds. The Balaban J connectivity index is 2.29. The Morgan fingerprint density at radius 1 is 1.42 bits per heavy atom. The number of hydrogen-bond donors (Lipinski definition) is 3. The molecule has 7 nitrogen and oxygen atoms in total. The van der Waals surface area contributed by atoms with Gasteiger partial charge in [-0.2, -0.15) is 0 Å². The van der Waals surface area contributed by atoms with Gasteiger partial charge in [-0.15, -0.1) is 0 Å². The molecule has 0 aliphatic rings. The molecular weight excluding hydrogens is 250 g/mol. The minimum Gasteiger partial charge on any atom is -0.481 e. The number of nitrogens with one attached hydrogen (secondary N) is 2. The molecule has 19 heavy (non-hydrogen) atoms. The number of aryl methyl sites for hydroxylation is 1. The van der Waals surface area contributed by atoms with Crippen LogP contribution in [0.2, 0.25) is 0 Å². The van der Waals surface area contributed by atoms with Gasteiger partial charge in [0.05, 0.1) is 18.7 Å². The fourth-order valence-electron chi connectivity index (χ4n) is 1.43. The summed E-state index contributed by atoms with van der Waals surface area (Å²) >= 11 is 0. The number of rotatable bonds is 7. The maximum absolute atomic E-state index is 11.5. The highest BCUT2D eigenvalue weighted by Crippen LogP contribution is 2.03. The Bertz CT molecular complexity index is 430. The Hall–Kier alpha value is -2.05. The van der Waals surface area contributed by atoms with Gasteiger partial charge in [-0.3, -0.25) is 4.79 Å². The third kappa shape index (κ3) is 4.99. The van der Waals surface area contributed by atoms with E-state index < -0.39 is 17.9 Å². The molecule has 1 atom stereocenters. The van der Waals surface area contributed by atoms with Gasteiger partial charge in [-0.25, -0.2) is 9.78 Å². The van der Waals surface area contributed by atoms with Gasteiger partial charge in [0, 0.05) is 13.0 Å². The van der Waals surface area contributed by atoms with E-state index in [1.54, 1.807) is 13.1 Å². The maximum Gasteiger partial charge on any atom is 0.315 e. The second-order valence-corrected chi connectivity index (χ2v) is 4.08. The molecule has 0 spiro atoms. The van der Waals surface area contributed by atoms with Crippen LogP contribution in [0.25, 0.3) is 0 Å². The second-order valence-electron chi connectivity index (χ2n) is 4.08. The second kappa shape index (κ2) is 7.40. The minimum absolute atomic E-state index is 0.101. The number of carbonyl (C=O) groups excluding carboxylic acids is 1. The third-order valence-electron chi connectivity index (χ3n) is 2.70. The first kappa shape index (κ1) is 15.0. The number of carbonyl (C=O) groups is 2. The number of aliphatic carboxylic acids is 1. The molecule has 0 saturated carbocycles. The highest BCUT2D eigenvalue weighted by Gasteiger charge is 2.15. The molecular formula is C12H19N3O4. The fourth-order valence-corrected chi connectivity index (χ4v) is 1.43. The molecule has 0 saturated heterocycles. The number of aromatic nitrogens is 1. The van der Waals surface area contributed by atoms with E-state index in [9.17, 15) is 9.59 Å². The van der Waals surface area contributed by atoms with Gasteiger partial charge < -0.3 is 20.2 Å².